The Balaban J connectivity index is 0.00000216. The van der Waals surface area contributed by atoms with Crippen molar-refractivity contribution in [2.45, 2.75) is 19.9 Å². The Labute approximate surface area is 218 Å². The van der Waals surface area contributed by atoms with Gasteiger partial charge in [-0.15, -0.1) is 24.8 Å². The summed E-state index contributed by atoms with van der Waals surface area (Å²) in [4.78, 5) is 32.4. The van der Waals surface area contributed by atoms with Crippen molar-refractivity contribution >= 4 is 47.3 Å². The highest BCUT2D eigenvalue weighted by Crippen LogP contribution is 2.26. The standard InChI is InChI=1S/C24H34FN5O3.2ClH/c1-3-29-17-19(24(32)26-5-4-6-28-11-13-33-14-12-28)23(31)18-15-20(25)22(16-21(18)29)30-9-7-27(2)8-10-30;;/h15-17H,3-14H2,1-2H3,(H,26,32);2*1H. The Hall–Kier alpha value is -1.91. The quantitative estimate of drug-likeness (QED) is 0.552. The molecule has 1 amide bonds. The summed E-state index contributed by atoms with van der Waals surface area (Å²) < 4.78 is 22.3. The highest BCUT2D eigenvalue weighted by molar-refractivity contribution is 5.97. The number of ether oxygens (including phenoxy) is 1. The first kappa shape index (κ1) is 29.3. The fraction of sp³-hybridized carbons (Fsp3) is 0.583. The third kappa shape index (κ3) is 6.86. The second-order valence-corrected chi connectivity index (χ2v) is 8.83. The van der Waals surface area contributed by atoms with Crippen LogP contribution >= 0.6 is 24.8 Å². The molecular weight excluding hydrogens is 496 g/mol. The number of likely N-dealkylation sites (N-methyl/N-ethyl adjacent to an activating group) is 1. The van der Waals surface area contributed by atoms with Crippen LogP contribution < -0.4 is 15.6 Å². The molecule has 0 radical (unpaired) electrons. The van der Waals surface area contributed by atoms with Gasteiger partial charge >= 0.3 is 0 Å². The first-order valence-electron chi connectivity index (χ1n) is 11.9. The minimum absolute atomic E-state index is 0. The van der Waals surface area contributed by atoms with Gasteiger partial charge in [-0.1, -0.05) is 0 Å². The van der Waals surface area contributed by atoms with Crippen molar-refractivity contribution in [3.8, 4) is 0 Å². The Bertz CT molecular complexity index is 1050. The molecule has 0 spiro atoms. The van der Waals surface area contributed by atoms with Gasteiger partial charge in [0, 0.05) is 63.9 Å². The van der Waals surface area contributed by atoms with Crippen LogP contribution in [-0.2, 0) is 11.3 Å². The number of hydrogen-bond donors (Lipinski definition) is 1. The van der Waals surface area contributed by atoms with Crippen molar-refractivity contribution < 1.29 is 13.9 Å². The van der Waals surface area contributed by atoms with Crippen LogP contribution in [0.15, 0.2) is 23.1 Å². The topological polar surface area (TPSA) is 70.0 Å². The highest BCUT2D eigenvalue weighted by Gasteiger charge is 2.21. The minimum atomic E-state index is -0.427. The Morgan fingerprint density at radius 1 is 1.09 bits per heavy atom. The van der Waals surface area contributed by atoms with Crippen molar-refractivity contribution in [1.82, 2.24) is 19.7 Å². The second-order valence-electron chi connectivity index (χ2n) is 8.83. The average molecular weight is 532 g/mol. The Kier molecular flexibility index (Phi) is 11.2. The zero-order valence-corrected chi connectivity index (χ0v) is 22.1. The van der Waals surface area contributed by atoms with Gasteiger partial charge in [0.25, 0.3) is 5.91 Å². The van der Waals surface area contributed by atoms with Crippen molar-refractivity contribution in [3.63, 3.8) is 0 Å². The predicted molar refractivity (Wildman–Crippen MR) is 142 cm³/mol. The molecule has 2 saturated heterocycles. The van der Waals surface area contributed by atoms with Crippen molar-refractivity contribution in [1.29, 1.82) is 0 Å². The van der Waals surface area contributed by atoms with Crippen LogP contribution in [0.2, 0.25) is 0 Å². The van der Waals surface area contributed by atoms with Crippen LogP contribution in [0.1, 0.15) is 23.7 Å². The molecule has 2 fully saturated rings. The number of piperazine rings is 1. The van der Waals surface area contributed by atoms with Crippen LogP contribution in [0, 0.1) is 5.82 Å². The number of carbonyl (C=O) groups is 1. The smallest absolute Gasteiger partial charge is 0.256 e. The molecule has 8 nitrogen and oxygen atoms in total. The summed E-state index contributed by atoms with van der Waals surface area (Å²) in [6.07, 6.45) is 2.40. The van der Waals surface area contributed by atoms with Gasteiger partial charge in [0.1, 0.15) is 11.4 Å². The van der Waals surface area contributed by atoms with Crippen molar-refractivity contribution in [3.05, 3.63) is 39.9 Å². The van der Waals surface area contributed by atoms with Gasteiger partial charge < -0.3 is 24.4 Å². The van der Waals surface area contributed by atoms with Crippen LogP contribution in [0.4, 0.5) is 10.1 Å². The molecule has 35 heavy (non-hydrogen) atoms. The van der Waals surface area contributed by atoms with Crippen molar-refractivity contribution in [2.75, 3.05) is 77.5 Å². The molecule has 0 unspecified atom stereocenters. The number of rotatable bonds is 7. The molecule has 3 heterocycles. The number of benzene rings is 1. The molecule has 0 saturated carbocycles. The Morgan fingerprint density at radius 3 is 2.43 bits per heavy atom. The summed E-state index contributed by atoms with van der Waals surface area (Å²) in [6, 6.07) is 3.05. The molecule has 2 aromatic rings. The molecule has 2 aliphatic heterocycles. The number of hydrogen-bond acceptors (Lipinski definition) is 6. The maximum Gasteiger partial charge on any atom is 0.256 e. The number of nitrogens with zero attached hydrogens (tertiary/aromatic N) is 4. The molecule has 4 rings (SSSR count). The number of aryl methyl sites for hydroxylation is 1. The third-order valence-corrected chi connectivity index (χ3v) is 6.62. The van der Waals surface area contributed by atoms with Gasteiger partial charge in [-0.05, 0) is 39.1 Å². The number of carbonyl (C=O) groups excluding carboxylic acids is 1. The summed E-state index contributed by atoms with van der Waals surface area (Å²) in [5.41, 5.74) is 0.797. The van der Waals surface area contributed by atoms with Gasteiger partial charge in [0.15, 0.2) is 0 Å². The van der Waals surface area contributed by atoms with E-state index >= 15 is 4.39 Å². The van der Waals surface area contributed by atoms with Gasteiger partial charge in [-0.25, -0.2) is 4.39 Å². The van der Waals surface area contributed by atoms with Crippen LogP contribution in [0.3, 0.4) is 0 Å². The summed E-state index contributed by atoms with van der Waals surface area (Å²) in [5, 5.41) is 3.10. The van der Waals surface area contributed by atoms with E-state index in [0.717, 1.165) is 65.4 Å². The zero-order chi connectivity index (χ0) is 23.4. The molecule has 196 valence electrons. The maximum atomic E-state index is 15.1. The molecule has 1 aromatic heterocycles. The lowest BCUT2D eigenvalue weighted by molar-refractivity contribution is 0.0374. The van der Waals surface area contributed by atoms with Crippen LogP contribution in [0.25, 0.3) is 10.9 Å². The minimum Gasteiger partial charge on any atom is -0.379 e. The van der Waals surface area contributed by atoms with Crippen LogP contribution in [0.5, 0.6) is 0 Å². The number of fused-ring (bicyclic) bond motifs is 1. The van der Waals surface area contributed by atoms with E-state index in [9.17, 15) is 9.59 Å². The monoisotopic (exact) mass is 531 g/mol. The van der Waals surface area contributed by atoms with E-state index in [2.05, 4.69) is 22.2 Å². The number of pyridine rings is 1. The van der Waals surface area contributed by atoms with E-state index in [1.165, 1.54) is 6.07 Å². The van der Waals surface area contributed by atoms with Gasteiger partial charge in [-0.2, -0.15) is 0 Å². The van der Waals surface area contributed by atoms with E-state index in [0.29, 0.717) is 24.3 Å². The molecular formula is C24H36Cl2FN5O3. The predicted octanol–water partition coefficient (Wildman–Crippen LogP) is 2.21. The first-order chi connectivity index (χ1) is 16.0. The number of morpholine rings is 1. The third-order valence-electron chi connectivity index (χ3n) is 6.62. The van der Waals surface area contributed by atoms with Gasteiger partial charge in [-0.3, -0.25) is 14.5 Å². The van der Waals surface area contributed by atoms with E-state index in [1.807, 2.05) is 16.4 Å². The van der Waals surface area contributed by atoms with Crippen LogP contribution in [-0.4, -0.2) is 92.9 Å². The van der Waals surface area contributed by atoms with E-state index in [4.69, 9.17) is 4.74 Å². The van der Waals surface area contributed by atoms with E-state index in [-0.39, 0.29) is 35.8 Å². The fourth-order valence-electron chi connectivity index (χ4n) is 4.54. The highest BCUT2D eigenvalue weighted by atomic mass is 35.5. The molecule has 1 N–H and O–H groups in total. The lowest BCUT2D eigenvalue weighted by atomic mass is 10.1. The zero-order valence-electron chi connectivity index (χ0n) is 20.4. The van der Waals surface area contributed by atoms with Gasteiger partial charge in [0.05, 0.1) is 24.4 Å². The number of nitrogens with one attached hydrogen (secondary N) is 1. The van der Waals surface area contributed by atoms with Gasteiger partial charge in [0.2, 0.25) is 5.43 Å². The summed E-state index contributed by atoms with van der Waals surface area (Å²) in [5.74, 6) is -0.829. The normalized spacial score (nSPS) is 17.1. The Morgan fingerprint density at radius 2 is 1.77 bits per heavy atom. The lowest BCUT2D eigenvalue weighted by Crippen LogP contribution is -2.44. The lowest BCUT2D eigenvalue weighted by Gasteiger charge is -2.34. The van der Waals surface area contributed by atoms with E-state index < -0.39 is 17.2 Å². The number of halogens is 3. The summed E-state index contributed by atoms with van der Waals surface area (Å²) >= 11 is 0. The van der Waals surface area contributed by atoms with Crippen molar-refractivity contribution in [2.24, 2.45) is 0 Å². The SMILES string of the molecule is CCn1cc(C(=O)NCCCN2CCOCC2)c(=O)c2cc(F)c(N3CCN(C)CC3)cc21.Cl.Cl. The fourth-order valence-corrected chi connectivity index (χ4v) is 4.54. The maximum absolute atomic E-state index is 15.1. The largest absolute Gasteiger partial charge is 0.379 e. The van der Waals surface area contributed by atoms with E-state index in [1.54, 1.807) is 12.3 Å². The number of aromatic nitrogens is 1. The second kappa shape index (κ2) is 13.4. The average Bonchev–Trinajstić information content (AvgIpc) is 2.83. The molecule has 11 heteroatoms. The molecule has 0 bridgehead atoms. The number of amides is 1. The number of anilines is 1. The molecule has 1 aromatic carbocycles. The summed E-state index contributed by atoms with van der Waals surface area (Å²) in [7, 11) is 2.05. The first-order valence-corrected chi connectivity index (χ1v) is 11.9. The molecule has 2 aliphatic rings. The summed E-state index contributed by atoms with van der Waals surface area (Å²) in [6.45, 7) is 10.4. The molecule has 0 atom stereocenters. The molecule has 0 aliphatic carbocycles.